The number of nitrogens with one attached hydrogen (secondary N) is 1. The van der Waals surface area contributed by atoms with Gasteiger partial charge in [0.2, 0.25) is 0 Å². The summed E-state index contributed by atoms with van der Waals surface area (Å²) >= 11 is 7.26. The third-order valence-corrected chi connectivity index (χ3v) is 4.55. The Bertz CT molecular complexity index is 655. The molecule has 0 saturated heterocycles. The fourth-order valence-electron chi connectivity index (χ4n) is 1.99. The van der Waals surface area contributed by atoms with Crippen molar-refractivity contribution in [2.24, 2.45) is 12.0 Å². The van der Waals surface area contributed by atoms with E-state index in [2.05, 4.69) is 20.4 Å². The Labute approximate surface area is 144 Å². The van der Waals surface area contributed by atoms with Gasteiger partial charge in [0, 0.05) is 25.5 Å². The van der Waals surface area contributed by atoms with Crippen LogP contribution in [0.2, 0.25) is 4.34 Å². The number of aliphatic imine (C=N–C) groups is 1. The zero-order valence-electron chi connectivity index (χ0n) is 13.4. The van der Waals surface area contributed by atoms with Gasteiger partial charge in [-0.15, -0.1) is 11.3 Å². The van der Waals surface area contributed by atoms with Crippen LogP contribution in [0.5, 0.6) is 0 Å². The molecule has 0 amide bonds. The molecular weight excluding hydrogens is 336 g/mol. The highest BCUT2D eigenvalue weighted by Gasteiger charge is 2.13. The fraction of sp³-hybridized carbons (Fsp3) is 0.500. The number of aliphatic hydroxyl groups excluding tert-OH is 1. The number of rotatable bonds is 6. The van der Waals surface area contributed by atoms with E-state index in [1.165, 1.54) is 17.7 Å². The zero-order valence-corrected chi connectivity index (χ0v) is 15.0. The molecule has 2 aromatic rings. The van der Waals surface area contributed by atoms with E-state index in [1.807, 2.05) is 32.0 Å². The summed E-state index contributed by atoms with van der Waals surface area (Å²) < 4.78 is 2.39. The van der Waals surface area contributed by atoms with Crippen molar-refractivity contribution in [2.75, 3.05) is 20.1 Å². The Morgan fingerprint density at radius 3 is 2.91 bits per heavy atom. The molecular formula is C14H21ClN6OS. The lowest BCUT2D eigenvalue weighted by Crippen LogP contribution is -2.39. The lowest BCUT2D eigenvalue weighted by Gasteiger charge is -2.21. The monoisotopic (exact) mass is 356 g/mol. The summed E-state index contributed by atoms with van der Waals surface area (Å²) in [5.74, 6) is 1.54. The van der Waals surface area contributed by atoms with Gasteiger partial charge in [0.15, 0.2) is 5.96 Å². The minimum atomic E-state index is -0.663. The van der Waals surface area contributed by atoms with E-state index in [0.29, 0.717) is 16.8 Å². The maximum atomic E-state index is 10.2. The lowest BCUT2D eigenvalue weighted by molar-refractivity contribution is 0.190. The zero-order chi connectivity index (χ0) is 16.8. The number of thiophene rings is 1. The van der Waals surface area contributed by atoms with Crippen molar-refractivity contribution >= 4 is 28.9 Å². The van der Waals surface area contributed by atoms with E-state index in [1.54, 1.807) is 10.7 Å². The standard InChI is InChI=1S/C14H21ClN6OS/c1-4-16-14(20(2)8-13-18-9-19-21(13)3)17-7-10(22)11-5-6-12(15)23-11/h5-6,9-10,22H,4,7-8H2,1-3H3,(H,16,17). The average molecular weight is 357 g/mol. The summed E-state index contributed by atoms with van der Waals surface area (Å²) in [4.78, 5) is 11.5. The highest BCUT2D eigenvalue weighted by molar-refractivity contribution is 7.16. The van der Waals surface area contributed by atoms with Gasteiger partial charge in [0.1, 0.15) is 18.3 Å². The number of hydrogen-bond donors (Lipinski definition) is 2. The van der Waals surface area contributed by atoms with Gasteiger partial charge in [-0.25, -0.2) is 4.98 Å². The summed E-state index contributed by atoms with van der Waals surface area (Å²) in [6.45, 7) is 3.58. The molecule has 0 radical (unpaired) electrons. The van der Waals surface area contributed by atoms with Crippen LogP contribution in [0.15, 0.2) is 23.5 Å². The Hall–Kier alpha value is -1.64. The van der Waals surface area contributed by atoms with Crippen LogP contribution < -0.4 is 5.32 Å². The molecule has 2 rings (SSSR count). The van der Waals surface area contributed by atoms with Crippen molar-refractivity contribution < 1.29 is 5.11 Å². The highest BCUT2D eigenvalue weighted by atomic mass is 35.5. The van der Waals surface area contributed by atoms with Crippen LogP contribution in [-0.2, 0) is 13.6 Å². The second kappa shape index (κ2) is 8.28. The quantitative estimate of drug-likeness (QED) is 0.608. The number of aromatic nitrogens is 3. The van der Waals surface area contributed by atoms with Gasteiger partial charge in [-0.05, 0) is 19.1 Å². The van der Waals surface area contributed by atoms with Crippen molar-refractivity contribution in [1.82, 2.24) is 25.0 Å². The molecule has 0 saturated carbocycles. The van der Waals surface area contributed by atoms with E-state index < -0.39 is 6.10 Å². The van der Waals surface area contributed by atoms with Gasteiger partial charge >= 0.3 is 0 Å². The van der Waals surface area contributed by atoms with E-state index in [0.717, 1.165) is 17.2 Å². The van der Waals surface area contributed by atoms with Crippen molar-refractivity contribution in [3.05, 3.63) is 33.5 Å². The Morgan fingerprint density at radius 2 is 2.35 bits per heavy atom. The molecule has 0 fully saturated rings. The molecule has 0 spiro atoms. The van der Waals surface area contributed by atoms with E-state index in [-0.39, 0.29) is 6.54 Å². The van der Waals surface area contributed by atoms with Crippen LogP contribution in [-0.4, -0.2) is 50.9 Å². The summed E-state index contributed by atoms with van der Waals surface area (Å²) in [6, 6.07) is 3.60. The maximum Gasteiger partial charge on any atom is 0.194 e. The predicted molar refractivity (Wildman–Crippen MR) is 92.7 cm³/mol. The Balaban J connectivity index is 2.02. The van der Waals surface area contributed by atoms with Crippen LogP contribution in [0.3, 0.4) is 0 Å². The van der Waals surface area contributed by atoms with E-state index in [9.17, 15) is 5.11 Å². The molecule has 0 aromatic carbocycles. The fourth-order valence-corrected chi connectivity index (χ4v) is 3.03. The van der Waals surface area contributed by atoms with Gasteiger partial charge in [-0.1, -0.05) is 11.6 Å². The van der Waals surface area contributed by atoms with Crippen LogP contribution in [0.25, 0.3) is 0 Å². The predicted octanol–water partition coefficient (Wildman–Crippen LogP) is 1.66. The van der Waals surface area contributed by atoms with Crippen LogP contribution in [0.1, 0.15) is 23.7 Å². The topological polar surface area (TPSA) is 78.6 Å². The molecule has 23 heavy (non-hydrogen) atoms. The number of nitrogens with zero attached hydrogens (tertiary/aromatic N) is 5. The molecule has 2 heterocycles. The molecule has 0 aliphatic rings. The number of hydrogen-bond acceptors (Lipinski definition) is 5. The van der Waals surface area contributed by atoms with Gasteiger partial charge in [0.05, 0.1) is 17.4 Å². The average Bonchev–Trinajstić information content (AvgIpc) is 3.12. The summed E-state index contributed by atoms with van der Waals surface area (Å²) in [5.41, 5.74) is 0. The number of guanidine groups is 1. The smallest absolute Gasteiger partial charge is 0.194 e. The third kappa shape index (κ3) is 4.92. The summed E-state index contributed by atoms with van der Waals surface area (Å²) in [7, 11) is 3.77. The molecule has 0 bridgehead atoms. The lowest BCUT2D eigenvalue weighted by atomic mass is 10.3. The van der Waals surface area contributed by atoms with E-state index in [4.69, 9.17) is 11.6 Å². The van der Waals surface area contributed by atoms with Crippen molar-refractivity contribution in [3.63, 3.8) is 0 Å². The van der Waals surface area contributed by atoms with Crippen molar-refractivity contribution in [2.45, 2.75) is 19.6 Å². The summed E-state index contributed by atoms with van der Waals surface area (Å²) in [6.07, 6.45) is 0.863. The maximum absolute atomic E-state index is 10.2. The largest absolute Gasteiger partial charge is 0.386 e. The molecule has 1 atom stereocenters. The van der Waals surface area contributed by atoms with E-state index >= 15 is 0 Å². The molecule has 2 N–H and O–H groups in total. The first-order valence-electron chi connectivity index (χ1n) is 7.26. The minimum Gasteiger partial charge on any atom is -0.386 e. The van der Waals surface area contributed by atoms with Gasteiger partial charge in [-0.3, -0.25) is 9.67 Å². The van der Waals surface area contributed by atoms with Gasteiger partial charge < -0.3 is 15.3 Å². The SMILES string of the molecule is CCNC(=NCC(O)c1ccc(Cl)s1)N(C)Cc1ncnn1C. The molecule has 9 heteroatoms. The Kier molecular flexibility index (Phi) is 6.37. The number of aliphatic hydroxyl groups is 1. The summed E-state index contributed by atoms with van der Waals surface area (Å²) in [5, 5.41) is 17.5. The molecule has 0 aliphatic carbocycles. The first-order chi connectivity index (χ1) is 11.0. The van der Waals surface area contributed by atoms with Crippen LogP contribution in [0.4, 0.5) is 0 Å². The molecule has 2 aromatic heterocycles. The number of halogens is 1. The van der Waals surface area contributed by atoms with Crippen LogP contribution >= 0.6 is 22.9 Å². The molecule has 126 valence electrons. The second-order valence-electron chi connectivity index (χ2n) is 5.01. The molecule has 0 aliphatic heterocycles. The first-order valence-corrected chi connectivity index (χ1v) is 8.46. The minimum absolute atomic E-state index is 0.266. The Morgan fingerprint density at radius 1 is 1.57 bits per heavy atom. The molecule has 1 unspecified atom stereocenters. The number of aryl methyl sites for hydroxylation is 1. The normalized spacial score (nSPS) is 13.2. The van der Waals surface area contributed by atoms with Gasteiger partial charge in [0.25, 0.3) is 0 Å². The van der Waals surface area contributed by atoms with Crippen molar-refractivity contribution in [3.8, 4) is 0 Å². The van der Waals surface area contributed by atoms with Crippen LogP contribution in [0, 0.1) is 0 Å². The van der Waals surface area contributed by atoms with Crippen molar-refractivity contribution in [1.29, 1.82) is 0 Å². The van der Waals surface area contributed by atoms with Gasteiger partial charge in [-0.2, -0.15) is 5.10 Å². The highest BCUT2D eigenvalue weighted by Crippen LogP contribution is 2.26. The second-order valence-corrected chi connectivity index (χ2v) is 6.75. The third-order valence-electron chi connectivity index (χ3n) is 3.22. The molecule has 7 nitrogen and oxygen atoms in total. The first kappa shape index (κ1) is 17.7.